The van der Waals surface area contributed by atoms with Crippen LogP contribution in [-0.4, -0.2) is 45.6 Å². The van der Waals surface area contributed by atoms with Gasteiger partial charge in [-0.15, -0.1) is 0 Å². The van der Waals surface area contributed by atoms with Gasteiger partial charge in [-0.05, 0) is 44.0 Å². The first-order valence-corrected chi connectivity index (χ1v) is 9.48. The van der Waals surface area contributed by atoms with Crippen molar-refractivity contribution in [2.24, 2.45) is 0 Å². The summed E-state index contributed by atoms with van der Waals surface area (Å²) < 4.78 is 43.4. The number of imidazole rings is 1. The first-order valence-electron chi connectivity index (χ1n) is 9.48. The predicted octanol–water partition coefficient (Wildman–Crippen LogP) is 4.00. The summed E-state index contributed by atoms with van der Waals surface area (Å²) in [6, 6.07) is 6.31. The quantitative estimate of drug-likeness (QED) is 0.668. The Bertz CT molecular complexity index is 1090. The number of piperidine rings is 1. The molecule has 0 bridgehead atoms. The highest BCUT2D eigenvalue weighted by atomic mass is 19.4. The summed E-state index contributed by atoms with van der Waals surface area (Å²) in [6.07, 6.45) is -0.863. The zero-order valence-electron chi connectivity index (χ0n) is 16.2. The standard InChI is InChI=1S/C20H20F3N5O2/c1-12-8-15(27-30-12)9-13-4-6-28(7-5-13)11-18(29)24-14-2-3-16-17(10-14)26-19(25-16)20(21,22)23/h2-3,8-10H,4-7,11H2,1H3,(H,24,29)(H,25,26). The highest BCUT2D eigenvalue weighted by molar-refractivity contribution is 5.94. The number of fused-ring (bicyclic) bond motifs is 1. The van der Waals surface area contributed by atoms with Gasteiger partial charge in [0, 0.05) is 24.8 Å². The molecule has 1 fully saturated rings. The number of hydrogen-bond donors (Lipinski definition) is 2. The Morgan fingerprint density at radius 1 is 1.30 bits per heavy atom. The second kappa shape index (κ2) is 7.94. The molecule has 3 aromatic rings. The lowest BCUT2D eigenvalue weighted by Crippen LogP contribution is -2.37. The van der Waals surface area contributed by atoms with E-state index in [4.69, 9.17) is 4.52 Å². The third-order valence-corrected chi connectivity index (χ3v) is 4.90. The number of halogens is 3. The van der Waals surface area contributed by atoms with Crippen LogP contribution >= 0.6 is 0 Å². The summed E-state index contributed by atoms with van der Waals surface area (Å²) in [5.74, 6) is -0.512. The molecule has 0 unspecified atom stereocenters. The fourth-order valence-corrected chi connectivity index (χ4v) is 3.43. The van der Waals surface area contributed by atoms with Gasteiger partial charge in [0.1, 0.15) is 11.5 Å². The summed E-state index contributed by atoms with van der Waals surface area (Å²) in [7, 11) is 0. The molecule has 4 rings (SSSR count). The van der Waals surface area contributed by atoms with Crippen LogP contribution in [0.2, 0.25) is 0 Å². The Morgan fingerprint density at radius 3 is 2.73 bits per heavy atom. The van der Waals surface area contributed by atoms with E-state index in [1.807, 2.05) is 24.0 Å². The number of aromatic amines is 1. The van der Waals surface area contributed by atoms with Crippen molar-refractivity contribution in [2.75, 3.05) is 25.0 Å². The minimum atomic E-state index is -4.55. The molecule has 1 aliphatic rings. The number of benzene rings is 1. The summed E-state index contributed by atoms with van der Waals surface area (Å²) in [5, 5.41) is 6.70. The molecule has 0 atom stereocenters. The molecule has 0 radical (unpaired) electrons. The Morgan fingerprint density at radius 2 is 2.07 bits per heavy atom. The number of carbonyl (C=O) groups excluding carboxylic acids is 1. The molecule has 3 heterocycles. The average molecular weight is 419 g/mol. The maximum Gasteiger partial charge on any atom is 0.449 e. The number of hydrogen-bond acceptors (Lipinski definition) is 5. The minimum Gasteiger partial charge on any atom is -0.361 e. The minimum absolute atomic E-state index is 0.193. The molecule has 10 heteroatoms. The van der Waals surface area contributed by atoms with Gasteiger partial charge in [0.2, 0.25) is 11.7 Å². The molecule has 2 aromatic heterocycles. The van der Waals surface area contributed by atoms with Crippen molar-refractivity contribution in [1.82, 2.24) is 20.0 Å². The van der Waals surface area contributed by atoms with Crippen molar-refractivity contribution in [2.45, 2.75) is 25.9 Å². The first-order chi connectivity index (χ1) is 14.3. The molecule has 0 saturated carbocycles. The van der Waals surface area contributed by atoms with E-state index >= 15 is 0 Å². The van der Waals surface area contributed by atoms with Gasteiger partial charge < -0.3 is 14.8 Å². The van der Waals surface area contributed by atoms with E-state index in [1.165, 1.54) is 23.8 Å². The van der Waals surface area contributed by atoms with Gasteiger partial charge in [-0.25, -0.2) is 4.98 Å². The molecular formula is C20H20F3N5O2. The Balaban J connectivity index is 1.32. The summed E-state index contributed by atoms with van der Waals surface area (Å²) in [6.45, 7) is 3.54. The van der Waals surface area contributed by atoms with Crippen molar-refractivity contribution in [3.8, 4) is 0 Å². The Hall–Kier alpha value is -3.14. The fourth-order valence-electron chi connectivity index (χ4n) is 3.43. The van der Waals surface area contributed by atoms with Crippen LogP contribution in [0.5, 0.6) is 0 Å². The Kier molecular flexibility index (Phi) is 5.33. The number of alkyl halides is 3. The molecule has 0 aliphatic carbocycles. The van der Waals surface area contributed by atoms with Crippen molar-refractivity contribution in [1.29, 1.82) is 0 Å². The number of nitrogens with one attached hydrogen (secondary N) is 2. The maximum atomic E-state index is 12.8. The molecule has 1 aliphatic heterocycles. The second-order valence-electron chi connectivity index (χ2n) is 7.30. The number of aromatic nitrogens is 3. The van der Waals surface area contributed by atoms with E-state index in [-0.39, 0.29) is 23.5 Å². The van der Waals surface area contributed by atoms with Gasteiger partial charge >= 0.3 is 6.18 Å². The number of aryl methyl sites for hydroxylation is 1. The van der Waals surface area contributed by atoms with E-state index in [0.29, 0.717) is 5.69 Å². The lowest BCUT2D eigenvalue weighted by atomic mass is 10.0. The van der Waals surface area contributed by atoms with Gasteiger partial charge in [0.15, 0.2) is 0 Å². The highest BCUT2D eigenvalue weighted by Crippen LogP contribution is 2.29. The molecule has 1 saturated heterocycles. The van der Waals surface area contributed by atoms with Crippen LogP contribution in [0.15, 0.2) is 34.4 Å². The normalized spacial score (nSPS) is 15.5. The van der Waals surface area contributed by atoms with Gasteiger partial charge in [0.25, 0.3) is 0 Å². The summed E-state index contributed by atoms with van der Waals surface area (Å²) in [4.78, 5) is 20.2. The van der Waals surface area contributed by atoms with Crippen LogP contribution in [-0.2, 0) is 11.0 Å². The second-order valence-corrected chi connectivity index (χ2v) is 7.30. The number of rotatable bonds is 4. The molecule has 0 spiro atoms. The summed E-state index contributed by atoms with van der Waals surface area (Å²) in [5.41, 5.74) is 2.89. The molecule has 158 valence electrons. The topological polar surface area (TPSA) is 87.0 Å². The van der Waals surface area contributed by atoms with Gasteiger partial charge in [-0.3, -0.25) is 9.69 Å². The van der Waals surface area contributed by atoms with Crippen LogP contribution in [0.3, 0.4) is 0 Å². The molecule has 30 heavy (non-hydrogen) atoms. The number of carbonyl (C=O) groups is 1. The number of H-pyrrole nitrogens is 1. The Labute approximate surface area is 169 Å². The monoisotopic (exact) mass is 419 g/mol. The van der Waals surface area contributed by atoms with Crippen LogP contribution in [0, 0.1) is 6.92 Å². The third-order valence-electron chi connectivity index (χ3n) is 4.90. The van der Waals surface area contributed by atoms with Gasteiger partial charge in [-0.1, -0.05) is 10.7 Å². The maximum absolute atomic E-state index is 12.8. The first kappa shape index (κ1) is 20.1. The molecule has 7 nitrogen and oxygen atoms in total. The van der Waals surface area contributed by atoms with Crippen LogP contribution in [0.25, 0.3) is 17.1 Å². The number of anilines is 1. The lowest BCUT2D eigenvalue weighted by molar-refractivity contribution is -0.144. The van der Waals surface area contributed by atoms with Crippen LogP contribution < -0.4 is 5.32 Å². The zero-order chi connectivity index (χ0) is 21.3. The average Bonchev–Trinajstić information content (AvgIpc) is 3.29. The number of nitrogens with zero attached hydrogens (tertiary/aromatic N) is 3. The van der Waals surface area contributed by atoms with Crippen LogP contribution in [0.1, 0.15) is 30.1 Å². The molecule has 1 amide bonds. The van der Waals surface area contributed by atoms with Gasteiger partial charge in [0.05, 0.1) is 17.6 Å². The molecular weight excluding hydrogens is 399 g/mol. The van der Waals surface area contributed by atoms with Crippen molar-refractivity contribution < 1.29 is 22.5 Å². The van der Waals surface area contributed by atoms with Gasteiger partial charge in [-0.2, -0.15) is 13.2 Å². The van der Waals surface area contributed by atoms with Crippen molar-refractivity contribution >= 4 is 28.7 Å². The number of likely N-dealkylation sites (tertiary alicyclic amines) is 1. The predicted molar refractivity (Wildman–Crippen MR) is 105 cm³/mol. The smallest absolute Gasteiger partial charge is 0.361 e. The van der Waals surface area contributed by atoms with E-state index < -0.39 is 12.0 Å². The molecule has 1 aromatic carbocycles. The highest BCUT2D eigenvalue weighted by Gasteiger charge is 2.34. The molecule has 2 N–H and O–H groups in total. The van der Waals surface area contributed by atoms with E-state index in [9.17, 15) is 18.0 Å². The SMILES string of the molecule is Cc1cc(C=C2CCN(CC(=O)Nc3ccc4nc(C(F)(F)F)[nH]c4c3)CC2)no1. The largest absolute Gasteiger partial charge is 0.449 e. The number of amides is 1. The summed E-state index contributed by atoms with van der Waals surface area (Å²) >= 11 is 0. The van der Waals surface area contributed by atoms with E-state index in [0.717, 1.165) is 37.4 Å². The van der Waals surface area contributed by atoms with Crippen LogP contribution in [0.4, 0.5) is 18.9 Å². The van der Waals surface area contributed by atoms with E-state index in [2.05, 4.69) is 20.4 Å². The van der Waals surface area contributed by atoms with Crippen molar-refractivity contribution in [3.05, 3.63) is 47.1 Å². The third kappa shape index (κ3) is 4.70. The van der Waals surface area contributed by atoms with Crippen molar-refractivity contribution in [3.63, 3.8) is 0 Å². The van der Waals surface area contributed by atoms with E-state index in [1.54, 1.807) is 0 Å². The fraction of sp³-hybridized carbons (Fsp3) is 0.350. The zero-order valence-corrected chi connectivity index (χ0v) is 16.2. The lowest BCUT2D eigenvalue weighted by Gasteiger charge is -2.27.